The molecule has 1 heterocycles. The van der Waals surface area contributed by atoms with Gasteiger partial charge in [0.05, 0.1) is 6.54 Å². The number of nitrogens with zero attached hydrogens (tertiary/aromatic N) is 2. The van der Waals surface area contributed by atoms with Gasteiger partial charge in [-0.2, -0.15) is 0 Å². The molecule has 19 heavy (non-hydrogen) atoms. The molecule has 0 saturated carbocycles. The zero-order valence-electron chi connectivity index (χ0n) is 11.6. The minimum absolute atomic E-state index is 0.242. The molecule has 2 N–H and O–H groups in total. The van der Waals surface area contributed by atoms with Crippen molar-refractivity contribution in [1.29, 1.82) is 0 Å². The largest absolute Gasteiger partial charge is 0.369 e. The second-order valence-electron chi connectivity index (χ2n) is 4.47. The van der Waals surface area contributed by atoms with Crippen LogP contribution in [0.25, 0.3) is 0 Å². The fourth-order valence-corrected chi connectivity index (χ4v) is 2.02. The Balaban J connectivity index is 0.000000550. The molecule has 0 radical (unpaired) electrons. The number of piperazine rings is 1. The zero-order valence-corrected chi connectivity index (χ0v) is 11.6. The normalized spacial score (nSPS) is 15.3. The van der Waals surface area contributed by atoms with Crippen molar-refractivity contribution in [1.82, 2.24) is 4.90 Å². The maximum absolute atomic E-state index is 10.8. The molecule has 1 fully saturated rings. The Morgan fingerprint density at radius 2 is 1.79 bits per heavy atom. The van der Waals surface area contributed by atoms with Crippen molar-refractivity contribution >= 4 is 11.6 Å². The summed E-state index contributed by atoms with van der Waals surface area (Å²) in [7, 11) is 0. The maximum atomic E-state index is 10.8. The van der Waals surface area contributed by atoms with E-state index in [1.54, 1.807) is 6.08 Å². The number of allylic oxidation sites excluding steroid dienone is 1. The topological polar surface area (TPSA) is 49.6 Å². The van der Waals surface area contributed by atoms with Crippen LogP contribution in [0.3, 0.4) is 0 Å². The number of anilines is 1. The SMILES string of the molecule is C=CC.NC(=O)CN1CCN(c2ccccc2)CC1. The lowest BCUT2D eigenvalue weighted by Crippen LogP contribution is -2.48. The van der Waals surface area contributed by atoms with Crippen LogP contribution >= 0.6 is 0 Å². The zero-order chi connectivity index (χ0) is 14.1. The van der Waals surface area contributed by atoms with Crippen LogP contribution in [0.2, 0.25) is 0 Å². The van der Waals surface area contributed by atoms with Gasteiger partial charge in [0.2, 0.25) is 5.91 Å². The predicted octanol–water partition coefficient (Wildman–Crippen LogP) is 1.49. The first-order chi connectivity index (χ1) is 9.17. The highest BCUT2D eigenvalue weighted by molar-refractivity contribution is 5.75. The minimum Gasteiger partial charge on any atom is -0.369 e. The summed E-state index contributed by atoms with van der Waals surface area (Å²) in [6, 6.07) is 10.3. The first kappa shape index (κ1) is 15.2. The molecule has 0 bridgehead atoms. The summed E-state index contributed by atoms with van der Waals surface area (Å²) in [4.78, 5) is 15.2. The van der Waals surface area contributed by atoms with Gasteiger partial charge in [-0.15, -0.1) is 6.58 Å². The highest BCUT2D eigenvalue weighted by Crippen LogP contribution is 2.15. The smallest absolute Gasteiger partial charge is 0.231 e. The Labute approximate surface area is 115 Å². The Hall–Kier alpha value is -1.81. The highest BCUT2D eigenvalue weighted by atomic mass is 16.1. The number of benzene rings is 1. The predicted molar refractivity (Wildman–Crippen MR) is 80.2 cm³/mol. The third kappa shape index (κ3) is 5.57. The van der Waals surface area contributed by atoms with E-state index >= 15 is 0 Å². The van der Waals surface area contributed by atoms with Crippen LogP contribution in [0.5, 0.6) is 0 Å². The van der Waals surface area contributed by atoms with E-state index in [1.165, 1.54) is 5.69 Å². The number of rotatable bonds is 3. The third-order valence-electron chi connectivity index (χ3n) is 2.87. The summed E-state index contributed by atoms with van der Waals surface area (Å²) >= 11 is 0. The lowest BCUT2D eigenvalue weighted by molar-refractivity contribution is -0.119. The van der Waals surface area contributed by atoms with E-state index in [9.17, 15) is 4.79 Å². The molecule has 1 aromatic carbocycles. The van der Waals surface area contributed by atoms with E-state index in [4.69, 9.17) is 5.73 Å². The van der Waals surface area contributed by atoms with Crippen molar-refractivity contribution in [3.8, 4) is 0 Å². The van der Waals surface area contributed by atoms with Crippen LogP contribution in [-0.2, 0) is 4.79 Å². The van der Waals surface area contributed by atoms with Crippen molar-refractivity contribution in [3.05, 3.63) is 43.0 Å². The summed E-state index contributed by atoms with van der Waals surface area (Å²) < 4.78 is 0. The Bertz CT molecular complexity index is 384. The summed E-state index contributed by atoms with van der Waals surface area (Å²) in [5.41, 5.74) is 6.43. The van der Waals surface area contributed by atoms with E-state index in [-0.39, 0.29) is 5.91 Å². The standard InChI is InChI=1S/C12H17N3O.C3H6/c13-12(16)10-14-6-8-15(9-7-14)11-4-2-1-3-5-11;1-3-2/h1-5H,6-10H2,(H2,13,16);3H,1H2,2H3. The van der Waals surface area contributed by atoms with Gasteiger partial charge in [-0.3, -0.25) is 9.69 Å². The van der Waals surface area contributed by atoms with Gasteiger partial charge in [0.1, 0.15) is 0 Å². The van der Waals surface area contributed by atoms with E-state index in [0.717, 1.165) is 26.2 Å². The van der Waals surface area contributed by atoms with Crippen molar-refractivity contribution < 1.29 is 4.79 Å². The molecule has 1 aliphatic heterocycles. The molecule has 0 aromatic heterocycles. The molecule has 4 heteroatoms. The number of hydrogen-bond acceptors (Lipinski definition) is 3. The first-order valence-electron chi connectivity index (χ1n) is 6.55. The molecule has 0 unspecified atom stereocenters. The maximum Gasteiger partial charge on any atom is 0.231 e. The summed E-state index contributed by atoms with van der Waals surface area (Å²) in [6.07, 6.45) is 1.75. The van der Waals surface area contributed by atoms with Crippen LogP contribution in [-0.4, -0.2) is 43.5 Å². The van der Waals surface area contributed by atoms with Crippen LogP contribution in [0.1, 0.15) is 6.92 Å². The molecule has 1 amide bonds. The Morgan fingerprint density at radius 1 is 1.26 bits per heavy atom. The van der Waals surface area contributed by atoms with E-state index in [2.05, 4.69) is 28.5 Å². The second-order valence-corrected chi connectivity index (χ2v) is 4.47. The molecule has 0 aliphatic carbocycles. The molecular weight excluding hydrogens is 238 g/mol. The number of primary amides is 1. The molecule has 4 nitrogen and oxygen atoms in total. The second kappa shape index (κ2) is 8.32. The average molecular weight is 261 g/mol. The Morgan fingerprint density at radius 3 is 2.26 bits per heavy atom. The van der Waals surface area contributed by atoms with Crippen molar-refractivity contribution in [2.24, 2.45) is 5.73 Å². The Kier molecular flexibility index (Phi) is 6.68. The van der Waals surface area contributed by atoms with Crippen LogP contribution < -0.4 is 10.6 Å². The first-order valence-corrected chi connectivity index (χ1v) is 6.55. The lowest BCUT2D eigenvalue weighted by Gasteiger charge is -2.35. The van der Waals surface area contributed by atoms with E-state index < -0.39 is 0 Å². The van der Waals surface area contributed by atoms with Crippen molar-refractivity contribution in [3.63, 3.8) is 0 Å². The van der Waals surface area contributed by atoms with Crippen LogP contribution in [0, 0.1) is 0 Å². The summed E-state index contributed by atoms with van der Waals surface area (Å²) in [5, 5.41) is 0. The average Bonchev–Trinajstić information content (AvgIpc) is 2.41. The molecule has 0 spiro atoms. The molecule has 1 aromatic rings. The number of carbonyl (C=O) groups excluding carboxylic acids is 1. The van der Waals surface area contributed by atoms with Gasteiger partial charge in [0.15, 0.2) is 0 Å². The molecule has 104 valence electrons. The lowest BCUT2D eigenvalue weighted by atomic mass is 10.2. The van der Waals surface area contributed by atoms with Gasteiger partial charge in [-0.25, -0.2) is 0 Å². The van der Waals surface area contributed by atoms with Crippen molar-refractivity contribution in [2.45, 2.75) is 6.92 Å². The van der Waals surface area contributed by atoms with Crippen LogP contribution in [0.15, 0.2) is 43.0 Å². The monoisotopic (exact) mass is 261 g/mol. The molecule has 0 atom stereocenters. The van der Waals surface area contributed by atoms with Gasteiger partial charge >= 0.3 is 0 Å². The van der Waals surface area contributed by atoms with Gasteiger partial charge in [0.25, 0.3) is 0 Å². The summed E-state index contributed by atoms with van der Waals surface area (Å²) in [6.45, 7) is 9.34. The number of amides is 1. The van der Waals surface area contributed by atoms with Gasteiger partial charge < -0.3 is 10.6 Å². The van der Waals surface area contributed by atoms with E-state index in [0.29, 0.717) is 6.54 Å². The fourth-order valence-electron chi connectivity index (χ4n) is 2.02. The van der Waals surface area contributed by atoms with Gasteiger partial charge in [-0.1, -0.05) is 24.3 Å². The highest BCUT2D eigenvalue weighted by Gasteiger charge is 2.17. The minimum atomic E-state index is -0.242. The number of hydrogen-bond donors (Lipinski definition) is 1. The molecule has 1 aliphatic rings. The van der Waals surface area contributed by atoms with E-state index in [1.807, 2.05) is 25.1 Å². The fraction of sp³-hybridized carbons (Fsp3) is 0.400. The number of nitrogens with two attached hydrogens (primary N) is 1. The van der Waals surface area contributed by atoms with Gasteiger partial charge in [-0.05, 0) is 19.1 Å². The third-order valence-corrected chi connectivity index (χ3v) is 2.87. The summed E-state index contributed by atoms with van der Waals surface area (Å²) in [5.74, 6) is -0.242. The molecular formula is C15H23N3O. The van der Waals surface area contributed by atoms with Crippen LogP contribution in [0.4, 0.5) is 5.69 Å². The molecule has 2 rings (SSSR count). The van der Waals surface area contributed by atoms with Crippen molar-refractivity contribution in [2.75, 3.05) is 37.6 Å². The number of carbonyl (C=O) groups is 1. The van der Waals surface area contributed by atoms with Gasteiger partial charge in [0, 0.05) is 31.9 Å². The quantitative estimate of drug-likeness (QED) is 0.839. The molecule has 1 saturated heterocycles. The number of para-hydroxylation sites is 1.